The number of nitrogens with one attached hydrogen (secondary N) is 1. The molecule has 0 saturated heterocycles. The first-order valence-electron chi connectivity index (χ1n) is 9.70. The lowest BCUT2D eigenvalue weighted by molar-refractivity contribution is 0.161. The average Bonchev–Trinajstić information content (AvgIpc) is 2.73. The Bertz CT molecular complexity index is 911. The van der Waals surface area contributed by atoms with Crippen LogP contribution < -0.4 is 5.32 Å². The summed E-state index contributed by atoms with van der Waals surface area (Å²) < 4.78 is 18.9. The molecule has 2 aromatic carbocycles. The molecule has 28 heavy (non-hydrogen) atoms. The highest BCUT2D eigenvalue weighted by molar-refractivity contribution is 6.02. The van der Waals surface area contributed by atoms with Crippen LogP contribution in [0.5, 0.6) is 0 Å². The minimum atomic E-state index is -0.231. The number of aliphatic imine (C=N–C) groups is 1. The van der Waals surface area contributed by atoms with E-state index in [-0.39, 0.29) is 5.82 Å². The Kier molecular flexibility index (Phi) is 6.77. The molecule has 2 aromatic rings. The first-order chi connectivity index (χ1) is 13.6. The van der Waals surface area contributed by atoms with Gasteiger partial charge in [0.05, 0.1) is 13.2 Å². The maximum Gasteiger partial charge on any atom is 0.132 e. The van der Waals surface area contributed by atoms with Crippen LogP contribution >= 0.6 is 0 Å². The lowest BCUT2D eigenvalue weighted by atomic mass is 9.89. The zero-order valence-corrected chi connectivity index (χ0v) is 16.8. The number of amidine groups is 1. The van der Waals surface area contributed by atoms with Crippen LogP contribution in [0.25, 0.3) is 16.7 Å². The van der Waals surface area contributed by atoms with Crippen LogP contribution in [-0.4, -0.2) is 26.1 Å². The summed E-state index contributed by atoms with van der Waals surface area (Å²) in [6, 6.07) is 11.0. The number of hydrogen-bond donors (Lipinski definition) is 1. The molecular formula is C24H27FN2O. The van der Waals surface area contributed by atoms with E-state index in [4.69, 9.17) is 4.74 Å². The molecule has 0 radical (unpaired) electrons. The van der Waals surface area contributed by atoms with E-state index in [1.807, 2.05) is 18.3 Å². The van der Waals surface area contributed by atoms with Crippen LogP contribution in [0.1, 0.15) is 36.5 Å². The van der Waals surface area contributed by atoms with Crippen LogP contribution in [0.15, 0.2) is 59.7 Å². The largest absolute Gasteiger partial charge is 0.377 e. The SMILES string of the molecule is CC/C=C/NC(=NC)c1cc(-c2ccc(F)cc2)cc(C2=CCOCC2)c1C. The van der Waals surface area contributed by atoms with Gasteiger partial charge in [0.25, 0.3) is 0 Å². The van der Waals surface area contributed by atoms with Gasteiger partial charge in [0.15, 0.2) is 0 Å². The minimum Gasteiger partial charge on any atom is -0.377 e. The van der Waals surface area contributed by atoms with Crippen molar-refractivity contribution in [2.24, 2.45) is 4.99 Å². The Morgan fingerprint density at radius 1 is 1.21 bits per heavy atom. The van der Waals surface area contributed by atoms with Gasteiger partial charge in [0.2, 0.25) is 0 Å². The number of hydrogen-bond acceptors (Lipinski definition) is 2. The number of halogens is 1. The zero-order chi connectivity index (χ0) is 19.9. The summed E-state index contributed by atoms with van der Waals surface area (Å²) in [5, 5.41) is 3.31. The smallest absolute Gasteiger partial charge is 0.132 e. The lowest BCUT2D eigenvalue weighted by Crippen LogP contribution is -2.20. The molecule has 3 nitrogen and oxygen atoms in total. The first-order valence-corrected chi connectivity index (χ1v) is 9.70. The molecule has 0 amide bonds. The van der Waals surface area contributed by atoms with Gasteiger partial charge in [-0.15, -0.1) is 0 Å². The van der Waals surface area contributed by atoms with E-state index in [0.29, 0.717) is 6.61 Å². The second-order valence-electron chi connectivity index (χ2n) is 6.78. The standard InChI is InChI=1S/C24H27FN2O/c1-4-5-12-27-24(26-3)23-16-20(18-6-8-21(25)9-7-18)15-22(17(23)2)19-10-13-28-14-11-19/h5-10,12,15-16H,4,11,13-14H2,1-3H3,(H,26,27)/b12-5+. The molecule has 3 rings (SSSR count). The Morgan fingerprint density at radius 2 is 2.00 bits per heavy atom. The molecule has 0 unspecified atom stereocenters. The number of ether oxygens (including phenoxy) is 1. The number of nitrogens with zero attached hydrogens (tertiary/aromatic N) is 1. The van der Waals surface area contributed by atoms with Crippen molar-refractivity contribution in [1.29, 1.82) is 0 Å². The van der Waals surface area contributed by atoms with E-state index in [1.165, 1.54) is 28.8 Å². The van der Waals surface area contributed by atoms with Gasteiger partial charge in [0.1, 0.15) is 11.7 Å². The van der Waals surface area contributed by atoms with Crippen molar-refractivity contribution in [2.45, 2.75) is 26.7 Å². The normalized spacial score (nSPS) is 15.0. The van der Waals surface area contributed by atoms with E-state index in [2.05, 4.69) is 48.4 Å². The Hall–Kier alpha value is -2.72. The predicted octanol–water partition coefficient (Wildman–Crippen LogP) is 5.49. The molecule has 0 atom stereocenters. The third kappa shape index (κ3) is 4.57. The molecule has 0 aromatic heterocycles. The average molecular weight is 378 g/mol. The van der Waals surface area contributed by atoms with Gasteiger partial charge in [0, 0.05) is 12.6 Å². The molecule has 1 aliphatic heterocycles. The molecule has 0 fully saturated rings. The molecule has 1 N–H and O–H groups in total. The third-order valence-corrected chi connectivity index (χ3v) is 4.95. The fourth-order valence-electron chi connectivity index (χ4n) is 3.39. The van der Waals surface area contributed by atoms with Crippen LogP contribution in [0.4, 0.5) is 4.39 Å². The highest BCUT2D eigenvalue weighted by Gasteiger charge is 2.16. The molecule has 1 heterocycles. The van der Waals surface area contributed by atoms with Gasteiger partial charge < -0.3 is 10.1 Å². The second kappa shape index (κ2) is 9.47. The van der Waals surface area contributed by atoms with E-state index in [0.717, 1.165) is 42.0 Å². The maximum absolute atomic E-state index is 13.4. The van der Waals surface area contributed by atoms with Crippen molar-refractivity contribution in [3.8, 4) is 11.1 Å². The first kappa shape index (κ1) is 20.0. The summed E-state index contributed by atoms with van der Waals surface area (Å²) in [6.07, 6.45) is 7.98. The number of rotatable bonds is 5. The molecule has 4 heteroatoms. The second-order valence-corrected chi connectivity index (χ2v) is 6.78. The van der Waals surface area contributed by atoms with Gasteiger partial charge >= 0.3 is 0 Å². The van der Waals surface area contributed by atoms with Crippen LogP contribution in [0, 0.1) is 12.7 Å². The summed E-state index contributed by atoms with van der Waals surface area (Å²) in [6.45, 7) is 5.59. The van der Waals surface area contributed by atoms with Crippen molar-refractivity contribution in [1.82, 2.24) is 5.32 Å². The van der Waals surface area contributed by atoms with Gasteiger partial charge in [-0.05, 0) is 78.1 Å². The maximum atomic E-state index is 13.4. The molecule has 0 aliphatic carbocycles. The topological polar surface area (TPSA) is 33.6 Å². The van der Waals surface area contributed by atoms with Gasteiger partial charge in [-0.3, -0.25) is 4.99 Å². The van der Waals surface area contributed by atoms with Crippen LogP contribution in [-0.2, 0) is 4.74 Å². The fraction of sp³-hybridized carbons (Fsp3) is 0.292. The Morgan fingerprint density at radius 3 is 2.64 bits per heavy atom. The monoisotopic (exact) mass is 378 g/mol. The van der Waals surface area contributed by atoms with Gasteiger partial charge in [-0.2, -0.15) is 0 Å². The molecular weight excluding hydrogens is 351 g/mol. The zero-order valence-electron chi connectivity index (χ0n) is 16.8. The quantitative estimate of drug-likeness (QED) is 0.551. The van der Waals surface area contributed by atoms with Gasteiger partial charge in [-0.1, -0.05) is 31.2 Å². The van der Waals surface area contributed by atoms with Crippen LogP contribution in [0.3, 0.4) is 0 Å². The van der Waals surface area contributed by atoms with Crippen molar-refractivity contribution in [3.05, 3.63) is 77.3 Å². The van der Waals surface area contributed by atoms with Crippen LogP contribution in [0.2, 0.25) is 0 Å². The highest BCUT2D eigenvalue weighted by atomic mass is 19.1. The molecule has 0 spiro atoms. The molecule has 0 saturated carbocycles. The van der Waals surface area contributed by atoms with E-state index < -0.39 is 0 Å². The highest BCUT2D eigenvalue weighted by Crippen LogP contribution is 2.32. The summed E-state index contributed by atoms with van der Waals surface area (Å²) in [5.41, 5.74) is 6.74. The van der Waals surface area contributed by atoms with Crippen molar-refractivity contribution in [2.75, 3.05) is 20.3 Å². The van der Waals surface area contributed by atoms with Crippen molar-refractivity contribution in [3.63, 3.8) is 0 Å². The van der Waals surface area contributed by atoms with Crippen molar-refractivity contribution >= 4 is 11.4 Å². The summed E-state index contributed by atoms with van der Waals surface area (Å²) in [5.74, 6) is 0.589. The van der Waals surface area contributed by atoms with E-state index in [9.17, 15) is 4.39 Å². The van der Waals surface area contributed by atoms with Gasteiger partial charge in [-0.25, -0.2) is 4.39 Å². The molecule has 146 valence electrons. The Balaban J connectivity index is 2.14. The summed E-state index contributed by atoms with van der Waals surface area (Å²) in [7, 11) is 1.79. The summed E-state index contributed by atoms with van der Waals surface area (Å²) >= 11 is 0. The third-order valence-electron chi connectivity index (χ3n) is 4.95. The predicted molar refractivity (Wildman–Crippen MR) is 115 cm³/mol. The molecule has 0 bridgehead atoms. The number of allylic oxidation sites excluding steroid dienone is 1. The lowest BCUT2D eigenvalue weighted by Gasteiger charge is -2.20. The van der Waals surface area contributed by atoms with E-state index in [1.54, 1.807) is 7.05 Å². The summed E-state index contributed by atoms with van der Waals surface area (Å²) in [4.78, 5) is 4.48. The van der Waals surface area contributed by atoms with E-state index >= 15 is 0 Å². The fourth-order valence-corrected chi connectivity index (χ4v) is 3.39. The van der Waals surface area contributed by atoms with Crippen molar-refractivity contribution < 1.29 is 9.13 Å². The Labute approximate surface area is 166 Å². The minimum absolute atomic E-state index is 0.231. The molecule has 1 aliphatic rings. The number of benzene rings is 2.